The summed E-state index contributed by atoms with van der Waals surface area (Å²) >= 11 is 3.22. The average molecular weight is 359 g/mol. The number of hydrogen-bond acceptors (Lipinski definition) is 3. The molecule has 1 rings (SSSR count). The largest absolute Gasteiger partial charge is 0.483 e. The van der Waals surface area contributed by atoms with Gasteiger partial charge in [0.2, 0.25) is 0 Å². The SMILES string of the molecule is CCOC(=O)Cc1ccc(F)cc1OC(C)(/C=C/Br)CC. The maximum Gasteiger partial charge on any atom is 0.310 e. The number of hydrogen-bond donors (Lipinski definition) is 0. The van der Waals surface area contributed by atoms with Gasteiger partial charge in [0.1, 0.15) is 17.2 Å². The first-order valence-electron chi connectivity index (χ1n) is 6.85. The summed E-state index contributed by atoms with van der Waals surface area (Å²) in [6, 6.07) is 4.16. The molecule has 0 spiro atoms. The Labute approximate surface area is 133 Å². The summed E-state index contributed by atoms with van der Waals surface area (Å²) < 4.78 is 24.3. The van der Waals surface area contributed by atoms with Crippen LogP contribution in [0, 0.1) is 5.82 Å². The van der Waals surface area contributed by atoms with Crippen molar-refractivity contribution in [3.05, 3.63) is 40.6 Å². The van der Waals surface area contributed by atoms with Gasteiger partial charge in [0, 0.05) is 11.6 Å². The predicted octanol–water partition coefficient (Wildman–Crippen LogP) is 4.39. The lowest BCUT2D eigenvalue weighted by Crippen LogP contribution is -2.29. The van der Waals surface area contributed by atoms with E-state index >= 15 is 0 Å². The fraction of sp³-hybridized carbons (Fsp3) is 0.438. The van der Waals surface area contributed by atoms with Crippen molar-refractivity contribution in [2.75, 3.05) is 6.61 Å². The van der Waals surface area contributed by atoms with Gasteiger partial charge >= 0.3 is 5.97 Å². The van der Waals surface area contributed by atoms with Crippen molar-refractivity contribution in [2.24, 2.45) is 0 Å². The molecule has 1 atom stereocenters. The van der Waals surface area contributed by atoms with Crippen molar-refractivity contribution in [1.29, 1.82) is 0 Å². The van der Waals surface area contributed by atoms with Gasteiger partial charge in [-0.05, 0) is 37.4 Å². The molecule has 0 fully saturated rings. The number of carbonyl (C=O) groups is 1. The third-order valence-corrected chi connectivity index (χ3v) is 3.39. The summed E-state index contributed by atoms with van der Waals surface area (Å²) in [4.78, 5) is 13.3. The van der Waals surface area contributed by atoms with Crippen LogP contribution in [0.3, 0.4) is 0 Å². The number of esters is 1. The second-order valence-corrected chi connectivity index (χ2v) is 5.32. The van der Waals surface area contributed by atoms with Gasteiger partial charge in [-0.25, -0.2) is 4.39 Å². The van der Waals surface area contributed by atoms with Gasteiger partial charge in [0.25, 0.3) is 0 Å². The second-order valence-electron chi connectivity index (χ2n) is 4.79. The van der Waals surface area contributed by atoms with Crippen LogP contribution in [0.4, 0.5) is 4.39 Å². The van der Waals surface area contributed by atoms with Crippen LogP contribution in [-0.4, -0.2) is 18.2 Å². The van der Waals surface area contributed by atoms with Crippen LogP contribution in [-0.2, 0) is 16.0 Å². The summed E-state index contributed by atoms with van der Waals surface area (Å²) in [6.07, 6.45) is 2.60. The molecule has 0 bridgehead atoms. The van der Waals surface area contributed by atoms with E-state index < -0.39 is 11.4 Å². The number of rotatable bonds is 7. The third-order valence-electron chi connectivity index (χ3n) is 3.13. The highest BCUT2D eigenvalue weighted by Gasteiger charge is 2.23. The molecular weight excluding hydrogens is 339 g/mol. The zero-order valence-corrected chi connectivity index (χ0v) is 14.1. The van der Waals surface area contributed by atoms with E-state index in [9.17, 15) is 9.18 Å². The van der Waals surface area contributed by atoms with Crippen molar-refractivity contribution >= 4 is 21.9 Å². The highest BCUT2D eigenvalue weighted by atomic mass is 79.9. The monoisotopic (exact) mass is 358 g/mol. The van der Waals surface area contributed by atoms with Crippen molar-refractivity contribution < 1.29 is 18.7 Å². The smallest absolute Gasteiger partial charge is 0.310 e. The average Bonchev–Trinajstić information content (AvgIpc) is 2.42. The highest BCUT2D eigenvalue weighted by molar-refractivity contribution is 9.11. The Morgan fingerprint density at radius 2 is 2.14 bits per heavy atom. The molecule has 0 N–H and O–H groups in total. The molecule has 1 aromatic carbocycles. The molecule has 5 heteroatoms. The number of halogens is 2. The first-order chi connectivity index (χ1) is 9.94. The fourth-order valence-electron chi connectivity index (χ4n) is 1.75. The second kappa shape index (κ2) is 8.17. The van der Waals surface area contributed by atoms with E-state index in [-0.39, 0.29) is 12.4 Å². The minimum Gasteiger partial charge on any atom is -0.483 e. The first-order valence-corrected chi connectivity index (χ1v) is 7.76. The number of carbonyl (C=O) groups excluding carboxylic acids is 1. The van der Waals surface area contributed by atoms with E-state index in [1.807, 2.05) is 19.9 Å². The number of ether oxygens (including phenoxy) is 2. The Balaban J connectivity index is 3.04. The van der Waals surface area contributed by atoms with E-state index in [0.29, 0.717) is 24.3 Å². The van der Waals surface area contributed by atoms with Gasteiger partial charge < -0.3 is 9.47 Å². The van der Waals surface area contributed by atoms with E-state index in [1.165, 1.54) is 12.1 Å². The quantitative estimate of drug-likeness (QED) is 0.678. The maximum absolute atomic E-state index is 13.5. The van der Waals surface area contributed by atoms with Crippen molar-refractivity contribution in [3.8, 4) is 5.75 Å². The molecule has 0 aromatic heterocycles. The predicted molar refractivity (Wildman–Crippen MR) is 84.1 cm³/mol. The molecule has 0 amide bonds. The van der Waals surface area contributed by atoms with E-state index in [4.69, 9.17) is 9.47 Å². The topological polar surface area (TPSA) is 35.5 Å². The third kappa shape index (κ3) is 5.50. The lowest BCUT2D eigenvalue weighted by Gasteiger charge is -2.27. The maximum atomic E-state index is 13.5. The van der Waals surface area contributed by atoms with Crippen LogP contribution in [0.2, 0.25) is 0 Å². The van der Waals surface area contributed by atoms with Crippen LogP contribution in [0.15, 0.2) is 29.3 Å². The molecule has 1 unspecified atom stereocenters. The van der Waals surface area contributed by atoms with Crippen LogP contribution < -0.4 is 4.74 Å². The Morgan fingerprint density at radius 3 is 2.71 bits per heavy atom. The molecule has 0 saturated heterocycles. The zero-order valence-electron chi connectivity index (χ0n) is 12.5. The molecular formula is C16H20BrFO3. The molecule has 21 heavy (non-hydrogen) atoms. The summed E-state index contributed by atoms with van der Waals surface area (Å²) in [5.74, 6) is -0.403. The minimum atomic E-state index is -0.583. The molecule has 0 saturated carbocycles. The fourth-order valence-corrected chi connectivity index (χ4v) is 2.30. The molecule has 0 heterocycles. The Hall–Kier alpha value is -1.36. The molecule has 0 aliphatic heterocycles. The lowest BCUT2D eigenvalue weighted by atomic mass is 10.0. The first kappa shape index (κ1) is 17.7. The van der Waals surface area contributed by atoms with Gasteiger partial charge in [-0.2, -0.15) is 0 Å². The molecule has 3 nitrogen and oxygen atoms in total. The Bertz CT molecular complexity index is 516. The van der Waals surface area contributed by atoms with Crippen molar-refractivity contribution in [2.45, 2.75) is 39.2 Å². The Morgan fingerprint density at radius 1 is 1.43 bits per heavy atom. The molecule has 0 aliphatic rings. The van der Waals surface area contributed by atoms with Crippen molar-refractivity contribution in [3.63, 3.8) is 0 Å². The number of benzene rings is 1. The molecule has 116 valence electrons. The standard InChI is InChI=1S/C16H20BrFO3/c1-4-16(3,8-9-17)21-14-11-13(18)7-6-12(14)10-15(19)20-5-2/h6-9,11H,4-5,10H2,1-3H3/b9-8+. The van der Waals surface area contributed by atoms with Crippen LogP contribution in [0.25, 0.3) is 0 Å². The van der Waals surface area contributed by atoms with Gasteiger partial charge in [-0.3, -0.25) is 4.79 Å². The molecule has 0 radical (unpaired) electrons. The van der Waals surface area contributed by atoms with Crippen molar-refractivity contribution in [1.82, 2.24) is 0 Å². The Kier molecular flexibility index (Phi) is 6.89. The normalized spacial score (nSPS) is 14.0. The van der Waals surface area contributed by atoms with Gasteiger partial charge in [0.05, 0.1) is 13.0 Å². The van der Waals surface area contributed by atoms with Crippen LogP contribution in [0.5, 0.6) is 5.75 Å². The van der Waals surface area contributed by atoms with Crippen LogP contribution >= 0.6 is 15.9 Å². The summed E-state index contributed by atoms with van der Waals surface area (Å²) in [7, 11) is 0. The van der Waals surface area contributed by atoms with E-state index in [1.54, 1.807) is 18.0 Å². The zero-order chi connectivity index (χ0) is 15.9. The van der Waals surface area contributed by atoms with E-state index in [2.05, 4.69) is 15.9 Å². The van der Waals surface area contributed by atoms with E-state index in [0.717, 1.165) is 0 Å². The summed E-state index contributed by atoms with van der Waals surface area (Å²) in [5.41, 5.74) is 0.0262. The summed E-state index contributed by atoms with van der Waals surface area (Å²) in [5, 5.41) is 0. The van der Waals surface area contributed by atoms with Gasteiger partial charge in [0.15, 0.2) is 0 Å². The van der Waals surface area contributed by atoms with Gasteiger partial charge in [-0.1, -0.05) is 28.9 Å². The minimum absolute atomic E-state index is 0.0568. The molecule has 0 aliphatic carbocycles. The summed E-state index contributed by atoms with van der Waals surface area (Å²) in [6.45, 7) is 5.92. The highest BCUT2D eigenvalue weighted by Crippen LogP contribution is 2.28. The lowest BCUT2D eigenvalue weighted by molar-refractivity contribution is -0.142. The van der Waals surface area contributed by atoms with Crippen LogP contribution in [0.1, 0.15) is 32.8 Å². The molecule has 1 aromatic rings. The van der Waals surface area contributed by atoms with Gasteiger partial charge in [-0.15, -0.1) is 0 Å².